The lowest BCUT2D eigenvalue weighted by atomic mass is 10.0. The first-order valence-electron chi connectivity index (χ1n) is 12.9. The largest absolute Gasteiger partial charge is 0.432 e. The van der Waals surface area contributed by atoms with Crippen molar-refractivity contribution in [2.24, 2.45) is 0 Å². The van der Waals surface area contributed by atoms with Crippen LogP contribution in [0.1, 0.15) is 29.6 Å². The van der Waals surface area contributed by atoms with Crippen molar-refractivity contribution in [3.8, 4) is 0 Å². The van der Waals surface area contributed by atoms with Gasteiger partial charge in [0.25, 0.3) is 0 Å². The molecule has 0 atom stereocenters. The van der Waals surface area contributed by atoms with Crippen LogP contribution in [0.25, 0.3) is 33.8 Å². The first-order valence-corrected chi connectivity index (χ1v) is 12.9. The third-order valence-corrected chi connectivity index (χ3v) is 7.32. The molecule has 2 saturated heterocycles. The molecular weight excluding hydrogens is 466 g/mol. The zero-order chi connectivity index (χ0) is 25.4. The number of H-pyrrole nitrogens is 1. The summed E-state index contributed by atoms with van der Waals surface area (Å²) in [5.41, 5.74) is 6.14. The van der Waals surface area contributed by atoms with Crippen LogP contribution in [0.3, 0.4) is 0 Å². The summed E-state index contributed by atoms with van der Waals surface area (Å²) in [6, 6.07) is 4.23. The minimum absolute atomic E-state index is 0.591. The highest BCUT2D eigenvalue weighted by Gasteiger charge is 2.25. The van der Waals surface area contributed by atoms with Crippen LogP contribution in [0.15, 0.2) is 41.6 Å². The number of anilines is 1. The molecule has 0 radical (unpaired) electrons. The van der Waals surface area contributed by atoms with Crippen molar-refractivity contribution in [2.45, 2.75) is 13.5 Å². The highest BCUT2D eigenvalue weighted by molar-refractivity contribution is 6.05. The maximum atomic E-state index is 6.32. The van der Waals surface area contributed by atoms with Crippen molar-refractivity contribution >= 4 is 39.7 Å². The Bertz CT molecular complexity index is 1460. The van der Waals surface area contributed by atoms with E-state index in [0.717, 1.165) is 79.4 Å². The Balaban J connectivity index is 1.48. The molecule has 6 rings (SSSR count). The molecule has 0 amide bonds. The molecule has 0 spiro atoms. The first kappa shape index (κ1) is 23.8. The van der Waals surface area contributed by atoms with E-state index >= 15 is 0 Å². The van der Waals surface area contributed by atoms with Crippen molar-refractivity contribution in [1.82, 2.24) is 29.7 Å². The molecule has 0 bridgehead atoms. The molecule has 4 aromatic rings. The van der Waals surface area contributed by atoms with Crippen LogP contribution in [-0.2, 0) is 11.3 Å². The minimum Gasteiger partial charge on any atom is -0.432 e. The molecule has 0 aliphatic carbocycles. The number of aromatic nitrogens is 4. The molecule has 192 valence electrons. The predicted molar refractivity (Wildman–Crippen MR) is 147 cm³/mol. The van der Waals surface area contributed by atoms with Crippen LogP contribution in [0, 0.1) is 0 Å². The number of fused-ring (bicyclic) bond motifs is 3. The number of allylic oxidation sites excluding steroid dienone is 1. The van der Waals surface area contributed by atoms with Gasteiger partial charge in [0, 0.05) is 75.0 Å². The summed E-state index contributed by atoms with van der Waals surface area (Å²) >= 11 is 0. The highest BCUT2D eigenvalue weighted by atomic mass is 16.5. The number of aromatic amines is 1. The summed E-state index contributed by atoms with van der Waals surface area (Å²) in [6.45, 7) is 13.9. The van der Waals surface area contributed by atoms with Crippen molar-refractivity contribution in [3.63, 3.8) is 0 Å². The minimum atomic E-state index is 0.591. The standard InChI is InChI=1S/C28H33N7O2/c1-4-20(21-6-7-29-23(21)5-2)26-31-24-22-16-19(18-34-10-8-33(3)9-11-34)17-30-28(22)37-25(24)27(32-26)35-12-14-36-15-13-35/h4-7,16-17,29H,2,8-15,18H2,1,3H3. The number of furan rings is 1. The van der Waals surface area contributed by atoms with Gasteiger partial charge in [-0.05, 0) is 37.7 Å². The molecule has 0 saturated carbocycles. The Hall–Kier alpha value is -3.53. The number of rotatable bonds is 6. The lowest BCUT2D eigenvalue weighted by Crippen LogP contribution is -2.43. The van der Waals surface area contributed by atoms with Gasteiger partial charge in [0.2, 0.25) is 5.71 Å². The van der Waals surface area contributed by atoms with Crippen LogP contribution in [0.5, 0.6) is 0 Å². The first-order chi connectivity index (χ1) is 18.1. The summed E-state index contributed by atoms with van der Waals surface area (Å²) < 4.78 is 11.9. The fourth-order valence-corrected chi connectivity index (χ4v) is 5.21. The van der Waals surface area contributed by atoms with Crippen LogP contribution in [0.2, 0.25) is 0 Å². The summed E-state index contributed by atoms with van der Waals surface area (Å²) in [5.74, 6) is 1.45. The molecule has 2 fully saturated rings. The van der Waals surface area contributed by atoms with E-state index in [0.29, 0.717) is 30.3 Å². The molecule has 2 aliphatic heterocycles. The molecule has 0 aromatic carbocycles. The Morgan fingerprint density at radius 3 is 2.70 bits per heavy atom. The third-order valence-electron chi connectivity index (χ3n) is 7.32. The van der Waals surface area contributed by atoms with Crippen molar-refractivity contribution in [3.05, 3.63) is 59.8 Å². The van der Waals surface area contributed by atoms with E-state index in [4.69, 9.17) is 24.1 Å². The Kier molecular flexibility index (Phi) is 6.50. The lowest BCUT2D eigenvalue weighted by molar-refractivity contribution is 0.122. The van der Waals surface area contributed by atoms with Gasteiger partial charge < -0.3 is 23.9 Å². The molecule has 2 aliphatic rings. The van der Waals surface area contributed by atoms with Gasteiger partial charge >= 0.3 is 0 Å². The smallest absolute Gasteiger partial charge is 0.229 e. The van der Waals surface area contributed by atoms with Gasteiger partial charge in [0.1, 0.15) is 5.52 Å². The normalized spacial score (nSPS) is 18.2. The molecule has 1 N–H and O–H groups in total. The van der Waals surface area contributed by atoms with Gasteiger partial charge in [-0.25, -0.2) is 15.0 Å². The van der Waals surface area contributed by atoms with Gasteiger partial charge in [-0.3, -0.25) is 4.90 Å². The predicted octanol–water partition coefficient (Wildman–Crippen LogP) is 3.78. The van der Waals surface area contributed by atoms with Gasteiger partial charge in [-0.1, -0.05) is 12.7 Å². The maximum absolute atomic E-state index is 6.32. The SMILES string of the molecule is C=Cc1[nH]ccc1C(=CC)c1nc(N2CCOCC2)c2oc3ncc(CN4CCN(C)CC4)cc3c2n1. The fourth-order valence-electron chi connectivity index (χ4n) is 5.21. The molecule has 0 unspecified atom stereocenters. The zero-order valence-corrected chi connectivity index (χ0v) is 21.5. The second-order valence-electron chi connectivity index (χ2n) is 9.74. The van der Waals surface area contributed by atoms with Crippen molar-refractivity contribution < 1.29 is 9.15 Å². The maximum Gasteiger partial charge on any atom is 0.229 e. The topological polar surface area (TPSA) is 86.5 Å². The van der Waals surface area contributed by atoms with E-state index in [1.807, 2.05) is 31.5 Å². The fraction of sp³-hybridized carbons (Fsp3) is 0.393. The van der Waals surface area contributed by atoms with Crippen LogP contribution in [0.4, 0.5) is 5.82 Å². The van der Waals surface area contributed by atoms with Gasteiger partial charge in [0.05, 0.1) is 18.6 Å². The third kappa shape index (κ3) is 4.54. The Morgan fingerprint density at radius 2 is 1.95 bits per heavy atom. The number of piperazine rings is 1. The number of hydrogen-bond donors (Lipinski definition) is 1. The van der Waals surface area contributed by atoms with E-state index < -0.39 is 0 Å². The molecule has 6 heterocycles. The van der Waals surface area contributed by atoms with E-state index in [1.54, 1.807) is 0 Å². The van der Waals surface area contributed by atoms with Gasteiger partial charge in [-0.15, -0.1) is 0 Å². The van der Waals surface area contributed by atoms with Crippen LogP contribution < -0.4 is 4.90 Å². The van der Waals surface area contributed by atoms with Gasteiger partial charge in [-0.2, -0.15) is 0 Å². The number of hydrogen-bond acceptors (Lipinski definition) is 8. The highest BCUT2D eigenvalue weighted by Crippen LogP contribution is 2.35. The van der Waals surface area contributed by atoms with Crippen molar-refractivity contribution in [2.75, 3.05) is 64.4 Å². The lowest BCUT2D eigenvalue weighted by Gasteiger charge is -2.32. The summed E-state index contributed by atoms with van der Waals surface area (Å²) in [7, 11) is 2.18. The Labute approximate surface area is 216 Å². The molecular formula is C28H33N7O2. The zero-order valence-electron chi connectivity index (χ0n) is 21.5. The van der Waals surface area contributed by atoms with E-state index in [9.17, 15) is 0 Å². The summed E-state index contributed by atoms with van der Waals surface area (Å²) in [5, 5.41) is 0.924. The monoisotopic (exact) mass is 499 g/mol. The second kappa shape index (κ2) is 10.1. The Morgan fingerprint density at radius 1 is 1.14 bits per heavy atom. The molecule has 37 heavy (non-hydrogen) atoms. The molecule has 9 nitrogen and oxygen atoms in total. The number of nitrogens with zero attached hydrogens (tertiary/aromatic N) is 6. The average Bonchev–Trinajstić information content (AvgIpc) is 3.55. The number of morpholine rings is 1. The molecule has 4 aromatic heterocycles. The van der Waals surface area contributed by atoms with Crippen LogP contribution >= 0.6 is 0 Å². The second-order valence-corrected chi connectivity index (χ2v) is 9.74. The van der Waals surface area contributed by atoms with E-state index in [-0.39, 0.29) is 0 Å². The van der Waals surface area contributed by atoms with E-state index in [1.165, 1.54) is 5.56 Å². The van der Waals surface area contributed by atoms with Gasteiger partial charge in [0.15, 0.2) is 17.2 Å². The average molecular weight is 500 g/mol. The number of pyridine rings is 1. The van der Waals surface area contributed by atoms with E-state index in [2.05, 4.69) is 45.5 Å². The number of likely N-dealkylation sites (N-methyl/N-ethyl adjacent to an activating group) is 1. The quantitative estimate of drug-likeness (QED) is 0.429. The molecule has 9 heteroatoms. The van der Waals surface area contributed by atoms with Crippen LogP contribution in [-0.4, -0.2) is 89.3 Å². The summed E-state index contributed by atoms with van der Waals surface area (Å²) in [4.78, 5) is 25.2. The van der Waals surface area contributed by atoms with Crippen molar-refractivity contribution in [1.29, 1.82) is 0 Å². The number of nitrogens with one attached hydrogen (secondary N) is 1. The summed E-state index contributed by atoms with van der Waals surface area (Å²) in [6.07, 6.45) is 7.72. The number of ether oxygens (including phenoxy) is 1.